The Morgan fingerprint density at radius 2 is 2.07 bits per heavy atom. The first-order valence-electron chi connectivity index (χ1n) is 10.1. The molecule has 1 aliphatic carbocycles. The Labute approximate surface area is 178 Å². The number of nitrogens with zero attached hydrogens (tertiary/aromatic N) is 5. The zero-order valence-corrected chi connectivity index (χ0v) is 17.3. The monoisotopic (exact) mass is 421 g/mol. The molecule has 1 aromatic carbocycles. The smallest absolute Gasteiger partial charge is 0.238 e. The highest BCUT2D eigenvalue weighted by atomic mass is 35.5. The van der Waals surface area contributed by atoms with Gasteiger partial charge in [-0.25, -0.2) is 4.98 Å². The summed E-state index contributed by atoms with van der Waals surface area (Å²) in [5, 5.41) is 0.613. The van der Waals surface area contributed by atoms with E-state index in [1.165, 1.54) is 0 Å². The summed E-state index contributed by atoms with van der Waals surface area (Å²) in [7, 11) is 1.82. The molecule has 0 N–H and O–H groups in total. The van der Waals surface area contributed by atoms with Gasteiger partial charge in [0.1, 0.15) is 5.82 Å². The number of hydrogen-bond donors (Lipinski definition) is 0. The summed E-state index contributed by atoms with van der Waals surface area (Å²) in [4.78, 5) is 38.2. The Balaban J connectivity index is 1.46. The van der Waals surface area contributed by atoms with Crippen molar-refractivity contribution in [1.82, 2.24) is 19.4 Å². The van der Waals surface area contributed by atoms with E-state index in [0.29, 0.717) is 24.5 Å². The molecule has 1 saturated heterocycles. The number of rotatable bonds is 3. The molecule has 0 bridgehead atoms. The largest absolute Gasteiger partial charge is 0.344 e. The number of aromatic nitrogens is 3. The third-order valence-electron chi connectivity index (χ3n) is 6.72. The van der Waals surface area contributed by atoms with Gasteiger partial charge >= 0.3 is 0 Å². The van der Waals surface area contributed by atoms with Crippen molar-refractivity contribution in [3.63, 3.8) is 0 Å². The zero-order chi connectivity index (χ0) is 20.6. The molecule has 30 heavy (non-hydrogen) atoms. The first kappa shape index (κ1) is 17.9. The van der Waals surface area contributed by atoms with Crippen LogP contribution in [0.1, 0.15) is 36.7 Å². The van der Waals surface area contributed by atoms with E-state index in [-0.39, 0.29) is 23.3 Å². The molecule has 152 valence electrons. The van der Waals surface area contributed by atoms with Crippen LogP contribution in [0.5, 0.6) is 0 Å². The molecular formula is C22H20ClN5O2. The number of carbonyl (C=O) groups is 2. The number of amides is 2. The minimum absolute atomic E-state index is 0.0235. The second-order valence-corrected chi connectivity index (χ2v) is 8.97. The maximum absolute atomic E-state index is 13.3. The van der Waals surface area contributed by atoms with Crippen LogP contribution in [0.4, 0.5) is 5.69 Å². The summed E-state index contributed by atoms with van der Waals surface area (Å²) in [6.45, 7) is 0.968. The van der Waals surface area contributed by atoms with E-state index in [0.717, 1.165) is 41.0 Å². The van der Waals surface area contributed by atoms with Crippen molar-refractivity contribution >= 4 is 40.1 Å². The van der Waals surface area contributed by atoms with Gasteiger partial charge in [-0.15, -0.1) is 0 Å². The van der Waals surface area contributed by atoms with Gasteiger partial charge in [-0.05, 0) is 42.7 Å². The Hall–Kier alpha value is -2.93. The van der Waals surface area contributed by atoms with E-state index in [4.69, 9.17) is 16.6 Å². The van der Waals surface area contributed by atoms with E-state index in [1.54, 1.807) is 17.3 Å². The summed E-state index contributed by atoms with van der Waals surface area (Å²) < 4.78 is 2.12. The molecule has 1 atom stereocenters. The number of likely N-dealkylation sites (N-methyl/N-ethyl adjacent to an activating group) is 1. The summed E-state index contributed by atoms with van der Waals surface area (Å²) in [6.07, 6.45) is 5.72. The average Bonchev–Trinajstić information content (AvgIpc) is 3.30. The molecule has 7 nitrogen and oxygen atoms in total. The third kappa shape index (κ3) is 2.38. The minimum atomic E-state index is -0.373. The Morgan fingerprint density at radius 3 is 2.80 bits per heavy atom. The summed E-state index contributed by atoms with van der Waals surface area (Å²) in [5.74, 6) is 1.01. The van der Waals surface area contributed by atoms with Crippen LogP contribution in [-0.4, -0.2) is 44.8 Å². The van der Waals surface area contributed by atoms with Crippen molar-refractivity contribution in [2.75, 3.05) is 18.5 Å². The van der Waals surface area contributed by atoms with E-state index in [1.807, 2.05) is 36.2 Å². The Bertz CT molecular complexity index is 1230. The van der Waals surface area contributed by atoms with Crippen LogP contribution in [0.3, 0.4) is 0 Å². The fraction of sp³-hybridized carbons (Fsp3) is 0.364. The van der Waals surface area contributed by atoms with Crippen LogP contribution in [0.2, 0.25) is 5.02 Å². The van der Waals surface area contributed by atoms with Gasteiger partial charge < -0.3 is 14.4 Å². The standard InChI is InChI=1S/C22H20ClN5O2/c1-26-11-14(9-20(26)29)28-17-3-2-13(23)8-16(17)25-19(28)12-27-18-10-24-7-4-15(18)22(5-6-22)21(27)30/h2-4,7-8,10,14H,5-6,9,11-12H2,1H3. The lowest BCUT2D eigenvalue weighted by Gasteiger charge is -2.21. The molecule has 8 heteroatoms. The molecule has 2 amide bonds. The number of fused-ring (bicyclic) bond motifs is 3. The highest BCUT2D eigenvalue weighted by Crippen LogP contribution is 2.57. The molecule has 1 saturated carbocycles. The van der Waals surface area contributed by atoms with Gasteiger partial charge in [-0.1, -0.05) is 11.6 Å². The van der Waals surface area contributed by atoms with E-state index >= 15 is 0 Å². The van der Waals surface area contributed by atoms with Crippen LogP contribution in [-0.2, 0) is 21.5 Å². The number of halogens is 1. The van der Waals surface area contributed by atoms with Crippen molar-refractivity contribution in [3.8, 4) is 0 Å². The van der Waals surface area contributed by atoms with Crippen LogP contribution in [0.15, 0.2) is 36.7 Å². The first-order chi connectivity index (χ1) is 14.5. The number of carbonyl (C=O) groups excluding carboxylic acids is 2. The Kier molecular flexibility index (Phi) is 3.60. The molecule has 2 aliphatic heterocycles. The van der Waals surface area contributed by atoms with Gasteiger partial charge in [0.15, 0.2) is 0 Å². The molecular weight excluding hydrogens is 402 g/mol. The van der Waals surface area contributed by atoms with Crippen LogP contribution >= 0.6 is 11.6 Å². The van der Waals surface area contributed by atoms with Crippen molar-refractivity contribution in [3.05, 3.63) is 53.1 Å². The summed E-state index contributed by atoms with van der Waals surface area (Å²) >= 11 is 6.21. The van der Waals surface area contributed by atoms with E-state index in [9.17, 15) is 9.59 Å². The normalized spacial score (nSPS) is 21.9. The van der Waals surface area contributed by atoms with Gasteiger partial charge in [0.2, 0.25) is 11.8 Å². The van der Waals surface area contributed by atoms with Crippen molar-refractivity contribution in [1.29, 1.82) is 0 Å². The third-order valence-corrected chi connectivity index (χ3v) is 6.96. The van der Waals surface area contributed by atoms with Gasteiger partial charge in [-0.2, -0.15) is 0 Å². The van der Waals surface area contributed by atoms with Crippen molar-refractivity contribution < 1.29 is 9.59 Å². The lowest BCUT2D eigenvalue weighted by Crippen LogP contribution is -2.33. The molecule has 1 unspecified atom stereocenters. The lowest BCUT2D eigenvalue weighted by molar-refractivity contribution is -0.126. The average molecular weight is 422 g/mol. The van der Waals surface area contributed by atoms with Gasteiger partial charge in [0.25, 0.3) is 0 Å². The lowest BCUT2D eigenvalue weighted by atomic mass is 9.99. The predicted octanol–water partition coefficient (Wildman–Crippen LogP) is 3.07. The van der Waals surface area contributed by atoms with Crippen LogP contribution in [0, 0.1) is 0 Å². The van der Waals surface area contributed by atoms with Gasteiger partial charge in [-0.3, -0.25) is 14.6 Å². The van der Waals surface area contributed by atoms with Gasteiger partial charge in [0, 0.05) is 31.2 Å². The molecule has 0 radical (unpaired) electrons. The predicted molar refractivity (Wildman–Crippen MR) is 112 cm³/mol. The fourth-order valence-corrected chi connectivity index (χ4v) is 5.22. The van der Waals surface area contributed by atoms with Crippen molar-refractivity contribution in [2.24, 2.45) is 0 Å². The maximum Gasteiger partial charge on any atom is 0.238 e. The SMILES string of the molecule is CN1CC(n2c(CN3C(=O)C4(CC4)c4ccncc43)nc3cc(Cl)ccc32)CC1=O. The van der Waals surface area contributed by atoms with Crippen molar-refractivity contribution in [2.45, 2.75) is 37.3 Å². The summed E-state index contributed by atoms with van der Waals surface area (Å²) in [6, 6.07) is 7.56. The van der Waals surface area contributed by atoms with Crippen LogP contribution < -0.4 is 4.90 Å². The molecule has 3 aromatic rings. The minimum Gasteiger partial charge on any atom is -0.344 e. The number of imidazole rings is 1. The first-order valence-corrected chi connectivity index (χ1v) is 10.5. The number of hydrogen-bond acceptors (Lipinski definition) is 4. The maximum atomic E-state index is 13.3. The highest BCUT2D eigenvalue weighted by Gasteiger charge is 2.59. The number of anilines is 1. The number of pyridine rings is 1. The number of benzene rings is 1. The topological polar surface area (TPSA) is 71.3 Å². The summed E-state index contributed by atoms with van der Waals surface area (Å²) in [5.41, 5.74) is 3.28. The van der Waals surface area contributed by atoms with E-state index < -0.39 is 0 Å². The zero-order valence-electron chi connectivity index (χ0n) is 16.5. The quantitative estimate of drug-likeness (QED) is 0.651. The molecule has 1 spiro atoms. The molecule has 3 aliphatic rings. The number of likely N-dealkylation sites (tertiary alicyclic amines) is 1. The molecule has 4 heterocycles. The molecule has 2 aromatic heterocycles. The van der Waals surface area contributed by atoms with Gasteiger partial charge in [0.05, 0.1) is 40.9 Å². The Morgan fingerprint density at radius 1 is 1.23 bits per heavy atom. The molecule has 2 fully saturated rings. The molecule has 6 rings (SSSR count). The second-order valence-electron chi connectivity index (χ2n) is 8.53. The second kappa shape index (κ2) is 6.04. The fourth-order valence-electron chi connectivity index (χ4n) is 5.05. The van der Waals surface area contributed by atoms with E-state index in [2.05, 4.69) is 9.55 Å². The van der Waals surface area contributed by atoms with Crippen LogP contribution in [0.25, 0.3) is 11.0 Å². The highest BCUT2D eigenvalue weighted by molar-refractivity contribution is 6.31.